The number of hydrogen-bond donors (Lipinski definition) is 3. The first-order valence-electron chi connectivity index (χ1n) is 7.24. The summed E-state index contributed by atoms with van der Waals surface area (Å²) in [5.74, 6) is 0. The van der Waals surface area contributed by atoms with Gasteiger partial charge in [0.05, 0.1) is 18.0 Å². The lowest BCUT2D eigenvalue weighted by Crippen LogP contribution is -2.39. The average molecular weight is 313 g/mol. The third-order valence-corrected chi connectivity index (χ3v) is 4.98. The van der Waals surface area contributed by atoms with E-state index in [0.717, 1.165) is 25.7 Å². The Morgan fingerprint density at radius 3 is 2.48 bits per heavy atom. The molecule has 7 heteroatoms. The van der Waals surface area contributed by atoms with Crippen LogP contribution in [0.5, 0.6) is 0 Å². The Bertz CT molecular complexity index is 583. The third-order valence-electron chi connectivity index (χ3n) is 4.02. The molecule has 1 aromatic carbocycles. The van der Waals surface area contributed by atoms with Crippen molar-refractivity contribution in [1.82, 2.24) is 0 Å². The van der Waals surface area contributed by atoms with Gasteiger partial charge in [-0.05, 0) is 25.0 Å². The molecular weight excluding hydrogens is 290 g/mol. The molecule has 0 amide bonds. The van der Waals surface area contributed by atoms with Crippen molar-refractivity contribution in [3.8, 4) is 0 Å². The number of primary sulfonamides is 1. The molecule has 0 aromatic heterocycles. The van der Waals surface area contributed by atoms with Crippen molar-refractivity contribution in [3.05, 3.63) is 18.2 Å². The minimum absolute atomic E-state index is 0.00442. The van der Waals surface area contributed by atoms with Crippen LogP contribution in [0.2, 0.25) is 0 Å². The molecule has 0 aliphatic heterocycles. The van der Waals surface area contributed by atoms with Crippen LogP contribution in [0, 0.1) is 0 Å². The molecule has 0 radical (unpaired) electrons. The highest BCUT2D eigenvalue weighted by Crippen LogP contribution is 2.33. The lowest BCUT2D eigenvalue weighted by molar-refractivity contribution is 0.290. The largest absolute Gasteiger partial charge is 0.396 e. The van der Waals surface area contributed by atoms with Gasteiger partial charge in [0.25, 0.3) is 0 Å². The molecule has 118 valence electrons. The van der Waals surface area contributed by atoms with Crippen molar-refractivity contribution in [2.75, 3.05) is 23.8 Å². The highest BCUT2D eigenvalue weighted by Gasteiger charge is 2.24. The van der Waals surface area contributed by atoms with Gasteiger partial charge in [0, 0.05) is 12.6 Å². The SMILES string of the molecule is Nc1c(N(CCO)C2CCCCC2)cccc1S(N)(=O)=O. The van der Waals surface area contributed by atoms with Gasteiger partial charge in [-0.3, -0.25) is 0 Å². The normalized spacial score (nSPS) is 16.9. The van der Waals surface area contributed by atoms with Gasteiger partial charge in [-0.15, -0.1) is 0 Å². The van der Waals surface area contributed by atoms with Crippen molar-refractivity contribution in [1.29, 1.82) is 0 Å². The van der Waals surface area contributed by atoms with Gasteiger partial charge in [0.2, 0.25) is 10.0 Å². The molecule has 1 saturated carbocycles. The predicted molar refractivity (Wildman–Crippen MR) is 83.5 cm³/mol. The molecule has 5 N–H and O–H groups in total. The summed E-state index contributed by atoms with van der Waals surface area (Å²) in [5.41, 5.74) is 6.83. The zero-order valence-electron chi connectivity index (χ0n) is 12.0. The topological polar surface area (TPSA) is 110 Å². The van der Waals surface area contributed by atoms with Crippen molar-refractivity contribution >= 4 is 21.4 Å². The number of rotatable bonds is 5. The maximum Gasteiger partial charge on any atom is 0.240 e. The Balaban J connectivity index is 2.40. The van der Waals surface area contributed by atoms with E-state index in [4.69, 9.17) is 10.9 Å². The highest BCUT2D eigenvalue weighted by molar-refractivity contribution is 7.89. The van der Waals surface area contributed by atoms with Gasteiger partial charge >= 0.3 is 0 Å². The Labute approximate surface area is 125 Å². The fourth-order valence-corrected chi connectivity index (χ4v) is 3.71. The maximum absolute atomic E-state index is 11.6. The molecule has 0 heterocycles. The second-order valence-electron chi connectivity index (χ2n) is 5.44. The second kappa shape index (κ2) is 6.64. The van der Waals surface area contributed by atoms with Crippen LogP contribution in [0.3, 0.4) is 0 Å². The van der Waals surface area contributed by atoms with Gasteiger partial charge in [0.15, 0.2) is 0 Å². The molecule has 1 aromatic rings. The van der Waals surface area contributed by atoms with Crippen molar-refractivity contribution in [2.24, 2.45) is 5.14 Å². The van der Waals surface area contributed by atoms with E-state index in [1.165, 1.54) is 12.5 Å². The van der Waals surface area contributed by atoms with Crippen LogP contribution >= 0.6 is 0 Å². The standard InChI is InChI=1S/C14H23N3O3S/c15-14-12(7-4-8-13(14)21(16,19)20)17(9-10-18)11-5-2-1-3-6-11/h4,7-8,11,18H,1-3,5-6,9-10,15H2,(H2,16,19,20). The number of aliphatic hydroxyl groups is 1. The van der Waals surface area contributed by atoms with E-state index in [-0.39, 0.29) is 23.2 Å². The van der Waals surface area contributed by atoms with E-state index >= 15 is 0 Å². The number of nitrogens with zero attached hydrogens (tertiary/aromatic N) is 1. The average Bonchev–Trinajstić information content (AvgIpc) is 2.45. The van der Waals surface area contributed by atoms with Gasteiger partial charge in [-0.2, -0.15) is 0 Å². The number of sulfonamides is 1. The number of para-hydroxylation sites is 1. The highest BCUT2D eigenvalue weighted by atomic mass is 32.2. The van der Waals surface area contributed by atoms with Crippen molar-refractivity contribution in [3.63, 3.8) is 0 Å². The number of anilines is 2. The Morgan fingerprint density at radius 2 is 1.90 bits per heavy atom. The van der Waals surface area contributed by atoms with E-state index in [9.17, 15) is 13.5 Å². The maximum atomic E-state index is 11.6. The van der Waals surface area contributed by atoms with Crippen molar-refractivity contribution in [2.45, 2.75) is 43.0 Å². The van der Waals surface area contributed by atoms with Gasteiger partial charge in [-0.1, -0.05) is 25.3 Å². The smallest absolute Gasteiger partial charge is 0.240 e. The first kappa shape index (κ1) is 16.1. The van der Waals surface area contributed by atoms with E-state index in [0.29, 0.717) is 12.2 Å². The predicted octanol–water partition coefficient (Wildman–Crippen LogP) is 1.05. The minimum Gasteiger partial charge on any atom is -0.396 e. The summed E-state index contributed by atoms with van der Waals surface area (Å²) in [7, 11) is -3.85. The van der Waals surface area contributed by atoms with Crippen LogP contribution in [0.1, 0.15) is 32.1 Å². The van der Waals surface area contributed by atoms with E-state index < -0.39 is 10.0 Å². The molecule has 21 heavy (non-hydrogen) atoms. The Morgan fingerprint density at radius 1 is 1.24 bits per heavy atom. The quantitative estimate of drug-likeness (QED) is 0.704. The number of benzene rings is 1. The summed E-state index contributed by atoms with van der Waals surface area (Å²) >= 11 is 0. The molecule has 6 nitrogen and oxygen atoms in total. The molecular formula is C14H23N3O3S. The summed E-state index contributed by atoms with van der Waals surface area (Å²) < 4.78 is 23.2. The van der Waals surface area contributed by atoms with Crippen LogP contribution in [-0.4, -0.2) is 32.7 Å². The third kappa shape index (κ3) is 3.66. The Kier molecular flexibility index (Phi) is 5.08. The first-order valence-corrected chi connectivity index (χ1v) is 8.78. The molecule has 2 rings (SSSR count). The number of aliphatic hydroxyl groups excluding tert-OH is 1. The summed E-state index contributed by atoms with van der Waals surface area (Å²) in [6.07, 6.45) is 5.55. The minimum atomic E-state index is -3.85. The zero-order chi connectivity index (χ0) is 15.5. The lowest BCUT2D eigenvalue weighted by Gasteiger charge is -2.36. The summed E-state index contributed by atoms with van der Waals surface area (Å²) in [6.45, 7) is 0.429. The summed E-state index contributed by atoms with van der Waals surface area (Å²) in [5, 5.41) is 14.5. The second-order valence-corrected chi connectivity index (χ2v) is 6.97. The number of hydrogen-bond acceptors (Lipinski definition) is 5. The summed E-state index contributed by atoms with van der Waals surface area (Å²) in [6, 6.07) is 5.11. The molecule has 1 aliphatic carbocycles. The summed E-state index contributed by atoms with van der Waals surface area (Å²) in [4.78, 5) is 1.96. The molecule has 0 unspecified atom stereocenters. The van der Waals surface area contributed by atoms with Crippen LogP contribution in [0.4, 0.5) is 11.4 Å². The fraction of sp³-hybridized carbons (Fsp3) is 0.571. The van der Waals surface area contributed by atoms with Crippen molar-refractivity contribution < 1.29 is 13.5 Å². The molecule has 1 fully saturated rings. The van der Waals surface area contributed by atoms with E-state index in [2.05, 4.69) is 0 Å². The number of nitrogens with two attached hydrogens (primary N) is 2. The van der Waals surface area contributed by atoms with Crippen LogP contribution in [0.15, 0.2) is 23.1 Å². The zero-order valence-corrected chi connectivity index (χ0v) is 12.8. The molecule has 0 spiro atoms. The molecule has 0 atom stereocenters. The lowest BCUT2D eigenvalue weighted by atomic mass is 9.93. The van der Waals surface area contributed by atoms with Crippen LogP contribution < -0.4 is 15.8 Å². The van der Waals surface area contributed by atoms with E-state index in [1.54, 1.807) is 12.1 Å². The fourth-order valence-electron chi connectivity index (χ4n) is 3.03. The molecule has 0 saturated heterocycles. The number of nitrogen functional groups attached to an aromatic ring is 1. The van der Waals surface area contributed by atoms with Crippen LogP contribution in [-0.2, 0) is 10.0 Å². The molecule has 1 aliphatic rings. The Hall–Kier alpha value is -1.31. The van der Waals surface area contributed by atoms with Gasteiger partial charge in [-0.25, -0.2) is 13.6 Å². The van der Waals surface area contributed by atoms with Gasteiger partial charge in [0.1, 0.15) is 4.90 Å². The first-order chi connectivity index (χ1) is 9.95. The van der Waals surface area contributed by atoms with Gasteiger partial charge < -0.3 is 15.7 Å². The van der Waals surface area contributed by atoms with Crippen LogP contribution in [0.25, 0.3) is 0 Å². The monoisotopic (exact) mass is 313 g/mol. The molecule has 0 bridgehead atoms. The van der Waals surface area contributed by atoms with E-state index in [1.807, 2.05) is 4.90 Å².